The minimum absolute atomic E-state index is 0.119. The molecule has 4 aromatic carbocycles. The van der Waals surface area contributed by atoms with Crippen molar-refractivity contribution in [3.63, 3.8) is 0 Å². The van der Waals surface area contributed by atoms with Crippen LogP contribution in [0.4, 0.5) is 0 Å². The van der Waals surface area contributed by atoms with Crippen LogP contribution in [-0.4, -0.2) is 48.7 Å². The van der Waals surface area contributed by atoms with Crippen molar-refractivity contribution in [1.29, 1.82) is 0 Å². The third-order valence-corrected chi connectivity index (χ3v) is 6.17. The zero-order chi connectivity index (χ0) is 26.6. The zero-order valence-corrected chi connectivity index (χ0v) is 18.7. The molecule has 0 unspecified atom stereocenters. The Labute approximate surface area is 208 Å². The topological polar surface area (TPSA) is 169 Å². The molecule has 9 heteroatoms. The molecule has 2 aliphatic rings. The van der Waals surface area contributed by atoms with E-state index in [9.17, 15) is 44.7 Å². The quantitative estimate of drug-likeness (QED) is 0.156. The minimum atomic E-state index is -0.694. The second-order valence-electron chi connectivity index (χ2n) is 8.28. The number of carbonyl (C=O) groups excluding carboxylic acids is 4. The molecular weight excluding hydrogens is 480 g/mol. The number of hydrogen-bond acceptors (Lipinski definition) is 9. The maximum Gasteiger partial charge on any atom is 0.198 e. The van der Waals surface area contributed by atoms with Gasteiger partial charge in [0.2, 0.25) is 0 Å². The van der Waals surface area contributed by atoms with Crippen LogP contribution in [0.25, 0.3) is 0 Å². The first kappa shape index (κ1) is 23.3. The van der Waals surface area contributed by atoms with Crippen LogP contribution >= 0.6 is 0 Å². The molecule has 0 amide bonds. The summed E-state index contributed by atoms with van der Waals surface area (Å²) in [5.74, 6) is -4.75. The first-order valence-corrected chi connectivity index (χ1v) is 10.8. The van der Waals surface area contributed by atoms with E-state index in [1.165, 1.54) is 30.3 Å². The highest BCUT2D eigenvalue weighted by Crippen LogP contribution is 2.42. The van der Waals surface area contributed by atoms with Crippen LogP contribution in [-0.2, 0) is 0 Å². The van der Waals surface area contributed by atoms with Gasteiger partial charge in [-0.05, 0) is 12.1 Å². The van der Waals surface area contributed by atoms with Crippen molar-refractivity contribution >= 4 is 23.1 Å². The van der Waals surface area contributed by atoms with Gasteiger partial charge in [0.25, 0.3) is 0 Å². The maximum absolute atomic E-state index is 12.2. The molecule has 0 heterocycles. The third-order valence-electron chi connectivity index (χ3n) is 6.17. The summed E-state index contributed by atoms with van der Waals surface area (Å²) in [6.07, 6.45) is 0. The fourth-order valence-corrected chi connectivity index (χ4v) is 4.40. The lowest BCUT2D eigenvalue weighted by atomic mass is 9.83. The van der Waals surface area contributed by atoms with Gasteiger partial charge >= 0.3 is 0 Å². The molecule has 0 radical (unpaired) electrons. The van der Waals surface area contributed by atoms with Crippen molar-refractivity contribution in [2.24, 2.45) is 0 Å². The number of aromatic hydroxyl groups is 5. The number of phenols is 5. The summed E-state index contributed by atoms with van der Waals surface area (Å²) in [4.78, 5) is 48.9. The molecule has 0 saturated carbocycles. The largest absolute Gasteiger partial charge is 0.507 e. The predicted molar refractivity (Wildman–Crippen MR) is 128 cm³/mol. The highest BCUT2D eigenvalue weighted by Gasteiger charge is 2.35. The Bertz CT molecular complexity index is 1700. The number of fused-ring (bicyclic) bond motifs is 4. The Kier molecular flexibility index (Phi) is 5.26. The predicted octanol–water partition coefficient (Wildman–Crippen LogP) is 3.45. The number of rotatable bonds is 0. The smallest absolute Gasteiger partial charge is 0.198 e. The summed E-state index contributed by atoms with van der Waals surface area (Å²) < 4.78 is 0. The van der Waals surface area contributed by atoms with Gasteiger partial charge < -0.3 is 25.5 Å². The second-order valence-corrected chi connectivity index (χ2v) is 8.28. The highest BCUT2D eigenvalue weighted by atomic mass is 16.3. The fraction of sp³-hybridized carbons (Fsp3) is 0. The molecule has 37 heavy (non-hydrogen) atoms. The lowest BCUT2D eigenvalue weighted by molar-refractivity contribution is 0.0973. The van der Waals surface area contributed by atoms with E-state index in [2.05, 4.69) is 0 Å². The number of ketones is 4. The molecule has 5 N–H and O–H groups in total. The molecule has 2 aliphatic carbocycles. The summed E-state index contributed by atoms with van der Waals surface area (Å²) in [6, 6.07) is 15.9. The van der Waals surface area contributed by atoms with Gasteiger partial charge in [0.05, 0.1) is 16.7 Å². The third kappa shape index (κ3) is 3.41. The van der Waals surface area contributed by atoms with Gasteiger partial charge in [-0.25, -0.2) is 0 Å². The Morgan fingerprint density at radius 3 is 1.35 bits per heavy atom. The van der Waals surface area contributed by atoms with E-state index in [-0.39, 0.29) is 44.7 Å². The minimum Gasteiger partial charge on any atom is -0.507 e. The molecule has 0 saturated heterocycles. The molecular formula is C28H16O9. The summed E-state index contributed by atoms with van der Waals surface area (Å²) in [5, 5.41) is 48.1. The molecule has 182 valence electrons. The molecule has 0 spiro atoms. The Morgan fingerprint density at radius 2 is 0.811 bits per heavy atom. The van der Waals surface area contributed by atoms with E-state index < -0.39 is 46.1 Å². The average Bonchev–Trinajstić information content (AvgIpc) is 2.90. The van der Waals surface area contributed by atoms with E-state index in [1.807, 2.05) is 0 Å². The van der Waals surface area contributed by atoms with Crippen LogP contribution in [0.3, 0.4) is 0 Å². The number of hydrogen-bond donors (Lipinski definition) is 5. The van der Waals surface area contributed by atoms with Gasteiger partial charge in [-0.3, -0.25) is 19.2 Å². The molecule has 6 rings (SSSR count). The van der Waals surface area contributed by atoms with Gasteiger partial charge in [0.15, 0.2) is 46.1 Å². The monoisotopic (exact) mass is 496 g/mol. The van der Waals surface area contributed by atoms with Crippen LogP contribution in [0.5, 0.6) is 28.7 Å². The van der Waals surface area contributed by atoms with E-state index in [1.54, 1.807) is 30.3 Å². The maximum atomic E-state index is 12.2. The Balaban J connectivity index is 0.000000152. The van der Waals surface area contributed by atoms with Crippen molar-refractivity contribution in [2.75, 3.05) is 0 Å². The normalized spacial score (nSPS) is 13.1. The molecule has 9 nitrogen and oxygen atoms in total. The zero-order valence-electron chi connectivity index (χ0n) is 18.7. The van der Waals surface area contributed by atoms with Crippen molar-refractivity contribution in [2.45, 2.75) is 0 Å². The van der Waals surface area contributed by atoms with Crippen molar-refractivity contribution in [3.8, 4) is 28.7 Å². The van der Waals surface area contributed by atoms with Crippen LogP contribution < -0.4 is 0 Å². The van der Waals surface area contributed by atoms with Crippen LogP contribution in [0, 0.1) is 0 Å². The summed E-state index contributed by atoms with van der Waals surface area (Å²) in [7, 11) is 0. The molecule has 0 atom stereocenters. The molecule has 0 bridgehead atoms. The van der Waals surface area contributed by atoms with Crippen LogP contribution in [0.2, 0.25) is 0 Å². The number of benzene rings is 4. The van der Waals surface area contributed by atoms with Gasteiger partial charge in [0.1, 0.15) is 5.75 Å². The van der Waals surface area contributed by atoms with E-state index in [0.29, 0.717) is 5.56 Å². The van der Waals surface area contributed by atoms with Gasteiger partial charge in [-0.15, -0.1) is 0 Å². The van der Waals surface area contributed by atoms with Gasteiger partial charge in [-0.2, -0.15) is 0 Å². The molecule has 4 aromatic rings. The van der Waals surface area contributed by atoms with Gasteiger partial charge in [0, 0.05) is 33.9 Å². The summed E-state index contributed by atoms with van der Waals surface area (Å²) in [6.45, 7) is 0. The van der Waals surface area contributed by atoms with E-state index >= 15 is 0 Å². The molecule has 0 fully saturated rings. The van der Waals surface area contributed by atoms with Crippen LogP contribution in [0.1, 0.15) is 63.7 Å². The number of carbonyl (C=O) groups is 4. The summed E-state index contributed by atoms with van der Waals surface area (Å²) >= 11 is 0. The average molecular weight is 496 g/mol. The number of phenolic OH excluding ortho intramolecular Hbond substituents is 5. The Hall–Kier alpha value is -5.44. The van der Waals surface area contributed by atoms with Gasteiger partial charge in [-0.1, -0.05) is 48.5 Å². The SMILES string of the molecule is O=C1c2ccccc2C(=O)c2c(O)c(O)cc(O)c21.O=C1c2ccccc2C(=O)c2c1ccc(O)c2O. The lowest BCUT2D eigenvalue weighted by Crippen LogP contribution is -2.21. The second kappa shape index (κ2) is 8.35. The van der Waals surface area contributed by atoms with Crippen molar-refractivity contribution in [1.82, 2.24) is 0 Å². The molecule has 0 aliphatic heterocycles. The first-order valence-electron chi connectivity index (χ1n) is 10.8. The van der Waals surface area contributed by atoms with Crippen molar-refractivity contribution < 1.29 is 44.7 Å². The lowest BCUT2D eigenvalue weighted by Gasteiger charge is -2.19. The van der Waals surface area contributed by atoms with Crippen LogP contribution in [0.15, 0.2) is 66.7 Å². The molecule has 0 aromatic heterocycles. The highest BCUT2D eigenvalue weighted by molar-refractivity contribution is 6.31. The standard InChI is InChI=1S/C14H8O5.C14H8O4/c15-8-5-9(16)14(19)11-10(8)12(17)6-3-1-2-4-7(6)13(11)18;15-10-6-5-9-11(14(10)18)13(17)8-4-2-1-3-7(8)12(9)16/h1-5,15-16,19H;1-6,15,18H. The van der Waals surface area contributed by atoms with Crippen molar-refractivity contribution in [3.05, 3.63) is 111 Å². The first-order chi connectivity index (χ1) is 17.6. The van der Waals surface area contributed by atoms with E-state index in [0.717, 1.165) is 6.07 Å². The summed E-state index contributed by atoms with van der Waals surface area (Å²) in [5.41, 5.74) is 0.226. The Morgan fingerprint density at radius 1 is 0.378 bits per heavy atom. The fourth-order valence-electron chi connectivity index (χ4n) is 4.40. The van der Waals surface area contributed by atoms with E-state index in [4.69, 9.17) is 0 Å².